The van der Waals surface area contributed by atoms with Crippen LogP contribution >= 0.6 is 0 Å². The number of fused-ring (bicyclic) bond motifs is 1. The van der Waals surface area contributed by atoms with Crippen molar-refractivity contribution in [3.05, 3.63) is 82.9 Å². The van der Waals surface area contributed by atoms with Crippen LogP contribution in [0.25, 0.3) is 22.3 Å². The molecule has 5 rings (SSSR count). The molecule has 1 aromatic heterocycles. The van der Waals surface area contributed by atoms with E-state index in [9.17, 15) is 9.90 Å². The Bertz CT molecular complexity index is 1380. The average Bonchev–Trinajstić information content (AvgIpc) is 2.79. The molecule has 6 nitrogen and oxygen atoms in total. The Kier molecular flexibility index (Phi) is 5.65. The Morgan fingerprint density at radius 1 is 0.882 bits per heavy atom. The molecule has 0 radical (unpaired) electrons. The minimum Gasteiger partial charge on any atom is -0.507 e. The van der Waals surface area contributed by atoms with Crippen LogP contribution in [-0.4, -0.2) is 45.5 Å². The van der Waals surface area contributed by atoms with Crippen molar-refractivity contribution >= 4 is 22.6 Å². The number of nitrogens with zero attached hydrogens (tertiary/aromatic N) is 4. The third kappa shape index (κ3) is 4.31. The third-order valence-electron chi connectivity index (χ3n) is 6.25. The Morgan fingerprint density at radius 2 is 1.65 bits per heavy atom. The summed E-state index contributed by atoms with van der Waals surface area (Å²) in [6, 6.07) is 19.6. The Balaban J connectivity index is 1.47. The summed E-state index contributed by atoms with van der Waals surface area (Å²) in [5.41, 5.74) is 6.04. The Hall–Kier alpha value is -3.93. The smallest absolute Gasteiger partial charge is 0.242 e. The molecular weight excluding hydrogens is 424 g/mol. The van der Waals surface area contributed by atoms with Crippen LogP contribution in [0.1, 0.15) is 22.3 Å². The van der Waals surface area contributed by atoms with Gasteiger partial charge in [0, 0.05) is 25.0 Å². The van der Waals surface area contributed by atoms with Gasteiger partial charge in [0.2, 0.25) is 5.91 Å². The maximum absolute atomic E-state index is 13.2. The van der Waals surface area contributed by atoms with Crippen molar-refractivity contribution < 1.29 is 9.90 Å². The second-order valence-electron chi connectivity index (χ2n) is 9.14. The summed E-state index contributed by atoms with van der Waals surface area (Å²) < 4.78 is 0. The minimum atomic E-state index is 0.0772. The first-order chi connectivity index (χ1) is 16.4. The van der Waals surface area contributed by atoms with Crippen LogP contribution in [0.5, 0.6) is 5.75 Å². The zero-order chi connectivity index (χ0) is 23.8. The molecule has 0 spiro atoms. The van der Waals surface area contributed by atoms with Crippen molar-refractivity contribution in [2.45, 2.75) is 27.3 Å². The summed E-state index contributed by atoms with van der Waals surface area (Å²) in [5.74, 6) is 1.39. The molecule has 0 saturated carbocycles. The molecule has 4 aromatic rings. The van der Waals surface area contributed by atoms with Crippen molar-refractivity contribution in [2.75, 3.05) is 24.5 Å². The van der Waals surface area contributed by atoms with Gasteiger partial charge in [-0.05, 0) is 56.2 Å². The second-order valence-corrected chi connectivity index (χ2v) is 9.14. The molecule has 172 valence electrons. The molecular formula is C28H28N4O2. The SMILES string of the molecule is Cc1cc(C)cc(CN2CCN(c3nc(-c4ccccc4O)nc4cc(C)ccc34)CC2=O)c1. The third-order valence-corrected chi connectivity index (χ3v) is 6.25. The largest absolute Gasteiger partial charge is 0.507 e. The molecule has 2 heterocycles. The highest BCUT2D eigenvalue weighted by molar-refractivity contribution is 5.94. The van der Waals surface area contributed by atoms with Gasteiger partial charge in [-0.15, -0.1) is 0 Å². The lowest BCUT2D eigenvalue weighted by Crippen LogP contribution is -2.50. The molecule has 3 aromatic carbocycles. The van der Waals surface area contributed by atoms with Gasteiger partial charge in [-0.1, -0.05) is 47.5 Å². The van der Waals surface area contributed by atoms with E-state index in [2.05, 4.69) is 32.0 Å². The number of rotatable bonds is 4. The van der Waals surface area contributed by atoms with Crippen molar-refractivity contribution in [1.29, 1.82) is 0 Å². The average molecular weight is 453 g/mol. The highest BCUT2D eigenvalue weighted by Gasteiger charge is 2.27. The number of aromatic nitrogens is 2. The number of carbonyl (C=O) groups excluding carboxylic acids is 1. The predicted octanol–water partition coefficient (Wildman–Crippen LogP) is 4.78. The van der Waals surface area contributed by atoms with Crippen LogP contribution in [0, 0.1) is 20.8 Å². The van der Waals surface area contributed by atoms with E-state index < -0.39 is 0 Å². The summed E-state index contributed by atoms with van der Waals surface area (Å²) in [4.78, 5) is 26.7. The molecule has 1 saturated heterocycles. The van der Waals surface area contributed by atoms with Crippen molar-refractivity contribution in [2.24, 2.45) is 0 Å². The number of phenolic OH excluding ortho intramolecular Hbond substituents is 1. The van der Waals surface area contributed by atoms with Crippen LogP contribution in [0.3, 0.4) is 0 Å². The van der Waals surface area contributed by atoms with Gasteiger partial charge in [-0.2, -0.15) is 0 Å². The van der Waals surface area contributed by atoms with Crippen LogP contribution in [0.4, 0.5) is 5.82 Å². The van der Waals surface area contributed by atoms with Gasteiger partial charge in [0.05, 0.1) is 17.6 Å². The van der Waals surface area contributed by atoms with Crippen LogP contribution < -0.4 is 4.90 Å². The maximum Gasteiger partial charge on any atom is 0.242 e. The topological polar surface area (TPSA) is 69.6 Å². The fraction of sp³-hybridized carbons (Fsp3) is 0.250. The fourth-order valence-corrected chi connectivity index (χ4v) is 4.68. The number of piperazine rings is 1. The number of amides is 1. The quantitative estimate of drug-likeness (QED) is 0.483. The number of hydrogen-bond donors (Lipinski definition) is 1. The Morgan fingerprint density at radius 3 is 2.38 bits per heavy atom. The number of aromatic hydroxyl groups is 1. The van der Waals surface area contributed by atoms with Crippen molar-refractivity contribution in [3.8, 4) is 17.1 Å². The summed E-state index contributed by atoms with van der Waals surface area (Å²) in [6.07, 6.45) is 0. The normalized spacial score (nSPS) is 14.1. The molecule has 6 heteroatoms. The standard InChI is InChI=1S/C28H28N4O2/c1-18-8-9-22-24(15-18)29-27(23-6-4-5-7-25(23)33)30-28(22)32-11-10-31(26(34)17-32)16-21-13-19(2)12-20(3)14-21/h4-9,12-15,33H,10-11,16-17H2,1-3H3. The monoisotopic (exact) mass is 452 g/mol. The number of benzene rings is 3. The van der Waals surface area contributed by atoms with E-state index in [4.69, 9.17) is 9.97 Å². The molecule has 0 aliphatic carbocycles. The van der Waals surface area contributed by atoms with E-state index in [1.54, 1.807) is 12.1 Å². The van der Waals surface area contributed by atoms with Gasteiger partial charge in [-0.25, -0.2) is 9.97 Å². The highest BCUT2D eigenvalue weighted by Crippen LogP contribution is 2.32. The van der Waals surface area contributed by atoms with E-state index in [0.717, 1.165) is 27.8 Å². The summed E-state index contributed by atoms with van der Waals surface area (Å²) in [7, 11) is 0. The van der Waals surface area contributed by atoms with Gasteiger partial charge < -0.3 is 14.9 Å². The van der Waals surface area contributed by atoms with E-state index >= 15 is 0 Å². The molecule has 1 aliphatic rings. The number of hydrogen-bond acceptors (Lipinski definition) is 5. The van der Waals surface area contributed by atoms with Gasteiger partial charge in [0.1, 0.15) is 11.6 Å². The second kappa shape index (κ2) is 8.78. The number of phenols is 1. The van der Waals surface area contributed by atoms with E-state index in [-0.39, 0.29) is 18.2 Å². The summed E-state index contributed by atoms with van der Waals surface area (Å²) in [5, 5.41) is 11.3. The molecule has 0 atom stereocenters. The van der Waals surface area contributed by atoms with E-state index in [1.807, 2.05) is 47.1 Å². The number of carbonyl (C=O) groups is 1. The number of anilines is 1. The molecule has 34 heavy (non-hydrogen) atoms. The number of aryl methyl sites for hydroxylation is 3. The van der Waals surface area contributed by atoms with Gasteiger partial charge in [-0.3, -0.25) is 4.79 Å². The first-order valence-electron chi connectivity index (χ1n) is 11.5. The molecule has 0 bridgehead atoms. The molecule has 0 unspecified atom stereocenters. The first-order valence-corrected chi connectivity index (χ1v) is 11.5. The Labute approximate surface area is 199 Å². The summed E-state index contributed by atoms with van der Waals surface area (Å²) >= 11 is 0. The van der Waals surface area contributed by atoms with Crippen molar-refractivity contribution in [3.63, 3.8) is 0 Å². The zero-order valence-electron chi connectivity index (χ0n) is 19.7. The lowest BCUT2D eigenvalue weighted by Gasteiger charge is -2.35. The minimum absolute atomic E-state index is 0.0772. The lowest BCUT2D eigenvalue weighted by atomic mass is 10.1. The van der Waals surface area contributed by atoms with Crippen LogP contribution in [0.2, 0.25) is 0 Å². The zero-order valence-corrected chi connectivity index (χ0v) is 19.7. The molecule has 1 amide bonds. The first kappa shape index (κ1) is 21.9. The maximum atomic E-state index is 13.2. The highest BCUT2D eigenvalue weighted by atomic mass is 16.3. The van der Waals surface area contributed by atoms with Gasteiger partial charge in [0.25, 0.3) is 0 Å². The van der Waals surface area contributed by atoms with E-state index in [1.165, 1.54) is 11.1 Å². The molecule has 1 aliphatic heterocycles. The summed E-state index contributed by atoms with van der Waals surface area (Å²) in [6.45, 7) is 8.36. The predicted molar refractivity (Wildman–Crippen MR) is 135 cm³/mol. The number of para-hydroxylation sites is 1. The molecule has 1 fully saturated rings. The molecule has 1 N–H and O–H groups in total. The fourth-order valence-electron chi connectivity index (χ4n) is 4.68. The van der Waals surface area contributed by atoms with Crippen molar-refractivity contribution in [1.82, 2.24) is 14.9 Å². The van der Waals surface area contributed by atoms with Crippen LogP contribution in [-0.2, 0) is 11.3 Å². The lowest BCUT2D eigenvalue weighted by molar-refractivity contribution is -0.131. The van der Waals surface area contributed by atoms with Gasteiger partial charge >= 0.3 is 0 Å². The van der Waals surface area contributed by atoms with E-state index in [0.29, 0.717) is 31.0 Å². The van der Waals surface area contributed by atoms with Crippen LogP contribution in [0.15, 0.2) is 60.7 Å². The van der Waals surface area contributed by atoms with Gasteiger partial charge in [0.15, 0.2) is 5.82 Å².